The van der Waals surface area contributed by atoms with Crippen LogP contribution in [0.25, 0.3) is 0 Å². The van der Waals surface area contributed by atoms with Crippen LogP contribution in [-0.4, -0.2) is 29.8 Å². The molecule has 0 radical (unpaired) electrons. The predicted molar refractivity (Wildman–Crippen MR) is 64.3 cm³/mol. The molecule has 1 saturated heterocycles. The molecule has 16 heavy (non-hydrogen) atoms. The number of hydrogen-bond acceptors (Lipinski definition) is 2. The van der Waals surface area contributed by atoms with Gasteiger partial charge in [-0.2, -0.15) is 0 Å². The standard InChI is InChI=1S/C14H23NO/c1-3-12(16)11-9-14(10-15(11)4-2)8-7-13(14)5-6-13/h11H,3-10H2,1-2H3/t11-,14?/m0/s1. The molecule has 2 atom stereocenters. The molecule has 3 aliphatic rings. The number of ketones is 1. The molecule has 0 bridgehead atoms. The zero-order chi connectivity index (χ0) is 11.4. The number of hydrogen-bond donors (Lipinski definition) is 0. The average molecular weight is 221 g/mol. The molecular formula is C14H23NO. The van der Waals surface area contributed by atoms with E-state index in [1.807, 2.05) is 6.92 Å². The lowest BCUT2D eigenvalue weighted by Gasteiger charge is -2.48. The fourth-order valence-electron chi connectivity index (χ4n) is 4.28. The lowest BCUT2D eigenvalue weighted by atomic mass is 9.56. The van der Waals surface area contributed by atoms with Crippen LogP contribution in [0.4, 0.5) is 0 Å². The van der Waals surface area contributed by atoms with Crippen LogP contribution >= 0.6 is 0 Å². The molecule has 0 aromatic heterocycles. The highest BCUT2D eigenvalue weighted by molar-refractivity contribution is 5.84. The van der Waals surface area contributed by atoms with Crippen LogP contribution in [0.5, 0.6) is 0 Å². The van der Waals surface area contributed by atoms with Crippen molar-refractivity contribution < 1.29 is 4.79 Å². The van der Waals surface area contributed by atoms with Gasteiger partial charge in [-0.1, -0.05) is 13.8 Å². The summed E-state index contributed by atoms with van der Waals surface area (Å²) in [6.07, 6.45) is 7.60. The average Bonchev–Trinajstić information content (AvgIpc) is 3.03. The molecule has 3 rings (SSSR count). The number of rotatable bonds is 3. The summed E-state index contributed by atoms with van der Waals surface area (Å²) in [4.78, 5) is 14.5. The van der Waals surface area contributed by atoms with Gasteiger partial charge in [0.05, 0.1) is 6.04 Å². The van der Waals surface area contributed by atoms with Crippen molar-refractivity contribution in [3.63, 3.8) is 0 Å². The minimum absolute atomic E-state index is 0.257. The highest BCUT2D eigenvalue weighted by Crippen LogP contribution is 2.74. The monoisotopic (exact) mass is 221 g/mol. The lowest BCUT2D eigenvalue weighted by Crippen LogP contribution is -2.44. The molecule has 0 N–H and O–H groups in total. The normalized spacial score (nSPS) is 40.2. The highest BCUT2D eigenvalue weighted by Gasteiger charge is 2.68. The second-order valence-electron chi connectivity index (χ2n) is 6.16. The molecule has 3 fully saturated rings. The van der Waals surface area contributed by atoms with Crippen LogP contribution in [0.15, 0.2) is 0 Å². The summed E-state index contributed by atoms with van der Waals surface area (Å²) in [5.41, 5.74) is 1.25. The Kier molecular flexibility index (Phi) is 2.23. The predicted octanol–water partition coefficient (Wildman–Crippen LogP) is 2.62. The van der Waals surface area contributed by atoms with Gasteiger partial charge in [-0.25, -0.2) is 0 Å². The van der Waals surface area contributed by atoms with E-state index in [4.69, 9.17) is 0 Å². The Bertz CT molecular complexity index is 321. The van der Waals surface area contributed by atoms with Crippen molar-refractivity contribution in [1.82, 2.24) is 4.90 Å². The fraction of sp³-hybridized carbons (Fsp3) is 0.929. The van der Waals surface area contributed by atoms with Gasteiger partial charge in [0.15, 0.2) is 0 Å². The summed E-state index contributed by atoms with van der Waals surface area (Å²) in [7, 11) is 0. The van der Waals surface area contributed by atoms with Crippen molar-refractivity contribution in [3.05, 3.63) is 0 Å². The van der Waals surface area contributed by atoms with E-state index in [2.05, 4.69) is 11.8 Å². The molecule has 2 spiro atoms. The van der Waals surface area contributed by atoms with Crippen molar-refractivity contribution in [2.45, 2.75) is 58.4 Å². The van der Waals surface area contributed by atoms with Crippen LogP contribution in [-0.2, 0) is 4.79 Å². The van der Waals surface area contributed by atoms with E-state index in [1.54, 1.807) is 0 Å². The van der Waals surface area contributed by atoms with E-state index < -0.39 is 0 Å². The van der Waals surface area contributed by atoms with Crippen molar-refractivity contribution in [1.29, 1.82) is 0 Å². The van der Waals surface area contributed by atoms with Crippen LogP contribution in [0.1, 0.15) is 52.4 Å². The van der Waals surface area contributed by atoms with E-state index in [0.717, 1.165) is 6.54 Å². The van der Waals surface area contributed by atoms with Gasteiger partial charge in [0.1, 0.15) is 5.78 Å². The molecular weight excluding hydrogens is 198 g/mol. The largest absolute Gasteiger partial charge is 0.298 e. The van der Waals surface area contributed by atoms with Gasteiger partial charge in [0, 0.05) is 13.0 Å². The minimum atomic E-state index is 0.257. The highest BCUT2D eigenvalue weighted by atomic mass is 16.1. The van der Waals surface area contributed by atoms with Crippen LogP contribution < -0.4 is 0 Å². The number of likely N-dealkylation sites (N-methyl/N-ethyl adjacent to an activating group) is 1. The van der Waals surface area contributed by atoms with Crippen molar-refractivity contribution >= 4 is 5.78 Å². The Morgan fingerprint density at radius 2 is 1.81 bits per heavy atom. The van der Waals surface area contributed by atoms with Gasteiger partial charge >= 0.3 is 0 Å². The van der Waals surface area contributed by atoms with Crippen LogP contribution in [0, 0.1) is 10.8 Å². The maximum absolute atomic E-state index is 12.0. The molecule has 2 heteroatoms. The summed E-state index contributed by atoms with van der Waals surface area (Å²) in [6.45, 7) is 6.47. The van der Waals surface area contributed by atoms with E-state index in [0.29, 0.717) is 23.0 Å². The van der Waals surface area contributed by atoms with Gasteiger partial charge in [-0.3, -0.25) is 9.69 Å². The van der Waals surface area contributed by atoms with Crippen molar-refractivity contribution in [2.75, 3.05) is 13.1 Å². The zero-order valence-corrected chi connectivity index (χ0v) is 10.6. The Hall–Kier alpha value is -0.370. The van der Waals surface area contributed by atoms with E-state index in [-0.39, 0.29) is 6.04 Å². The quantitative estimate of drug-likeness (QED) is 0.730. The molecule has 0 aromatic rings. The maximum atomic E-state index is 12.0. The van der Waals surface area contributed by atoms with Crippen molar-refractivity contribution in [2.24, 2.45) is 10.8 Å². The first kappa shape index (κ1) is 10.8. The first-order valence-electron chi connectivity index (χ1n) is 6.93. The molecule has 90 valence electrons. The van der Waals surface area contributed by atoms with E-state index >= 15 is 0 Å². The van der Waals surface area contributed by atoms with Crippen LogP contribution in [0.2, 0.25) is 0 Å². The summed E-state index contributed by atoms with van der Waals surface area (Å²) in [6, 6.07) is 0.257. The molecule has 1 unspecified atom stereocenters. The molecule has 2 nitrogen and oxygen atoms in total. The third-order valence-corrected chi connectivity index (χ3v) is 5.72. The Morgan fingerprint density at radius 1 is 1.19 bits per heavy atom. The minimum Gasteiger partial charge on any atom is -0.298 e. The number of carbonyl (C=O) groups is 1. The Morgan fingerprint density at radius 3 is 2.25 bits per heavy atom. The topological polar surface area (TPSA) is 20.3 Å². The van der Waals surface area contributed by atoms with Gasteiger partial charge in [0.25, 0.3) is 0 Å². The summed E-state index contributed by atoms with van der Waals surface area (Å²) in [5.74, 6) is 0.474. The van der Waals surface area contributed by atoms with Gasteiger partial charge in [-0.05, 0) is 49.5 Å². The van der Waals surface area contributed by atoms with Gasteiger partial charge in [-0.15, -0.1) is 0 Å². The number of carbonyl (C=O) groups excluding carboxylic acids is 1. The summed E-state index contributed by atoms with van der Waals surface area (Å²) < 4.78 is 0. The number of Topliss-reactive ketones (excluding diaryl/α,β-unsaturated/α-hetero) is 1. The van der Waals surface area contributed by atoms with Crippen LogP contribution in [0.3, 0.4) is 0 Å². The number of fused-ring (bicyclic) bond motifs is 1. The third-order valence-electron chi connectivity index (χ3n) is 5.72. The smallest absolute Gasteiger partial charge is 0.149 e. The summed E-state index contributed by atoms with van der Waals surface area (Å²) in [5, 5.41) is 0. The van der Waals surface area contributed by atoms with E-state index in [1.165, 1.54) is 38.6 Å². The van der Waals surface area contributed by atoms with E-state index in [9.17, 15) is 4.79 Å². The number of nitrogens with zero attached hydrogens (tertiary/aromatic N) is 1. The molecule has 2 saturated carbocycles. The molecule has 0 amide bonds. The zero-order valence-electron chi connectivity index (χ0n) is 10.6. The second kappa shape index (κ2) is 3.32. The van der Waals surface area contributed by atoms with Gasteiger partial charge in [0.2, 0.25) is 0 Å². The molecule has 1 heterocycles. The first-order chi connectivity index (χ1) is 7.66. The molecule has 0 aromatic carbocycles. The first-order valence-corrected chi connectivity index (χ1v) is 6.93. The Labute approximate surface area is 98.4 Å². The lowest BCUT2D eigenvalue weighted by molar-refractivity contribution is -0.123. The maximum Gasteiger partial charge on any atom is 0.149 e. The summed E-state index contributed by atoms with van der Waals surface area (Å²) >= 11 is 0. The SMILES string of the molecule is CCC(=O)[C@@H]1CC2(CCC23CC3)CN1CC. The Balaban J connectivity index is 1.80. The molecule has 2 aliphatic carbocycles. The van der Waals surface area contributed by atoms with Gasteiger partial charge < -0.3 is 0 Å². The fourth-order valence-corrected chi connectivity index (χ4v) is 4.28. The second-order valence-corrected chi connectivity index (χ2v) is 6.16. The third kappa shape index (κ3) is 1.20. The molecule has 1 aliphatic heterocycles. The number of likely N-dealkylation sites (tertiary alicyclic amines) is 1. The van der Waals surface area contributed by atoms with Crippen molar-refractivity contribution in [3.8, 4) is 0 Å².